The number of carbonyl (C=O) groups excluding carboxylic acids is 2. The molecule has 0 rings (SSSR count). The van der Waals surface area contributed by atoms with Gasteiger partial charge in [-0.05, 0) is 19.8 Å². The van der Waals surface area contributed by atoms with Crippen molar-refractivity contribution in [2.75, 3.05) is 6.61 Å². The van der Waals surface area contributed by atoms with E-state index in [-0.39, 0.29) is 11.8 Å². The first-order chi connectivity index (χ1) is 10.6. The molecule has 0 fully saturated rings. The molecule has 0 bridgehead atoms. The molecule has 0 radical (unpaired) electrons. The molecule has 3 heteroatoms. The number of ether oxygens (including phenoxy) is 1. The van der Waals surface area contributed by atoms with Crippen molar-refractivity contribution in [1.29, 1.82) is 0 Å². The number of Topliss-reactive ketones (excluding diaryl/α,β-unsaturated/α-hetero) is 1. The maximum Gasteiger partial charge on any atom is 0.316 e. The van der Waals surface area contributed by atoms with Crippen LogP contribution in [-0.4, -0.2) is 18.4 Å². The second-order valence-electron chi connectivity index (χ2n) is 6.27. The molecule has 0 aromatic rings. The van der Waals surface area contributed by atoms with Crippen molar-refractivity contribution in [2.24, 2.45) is 5.92 Å². The predicted molar refractivity (Wildman–Crippen MR) is 91.9 cm³/mol. The number of unbranched alkanes of at least 4 members (excludes halogenated alkanes) is 10. The molecule has 0 aliphatic carbocycles. The van der Waals surface area contributed by atoms with Gasteiger partial charge in [0.25, 0.3) is 0 Å². The van der Waals surface area contributed by atoms with Gasteiger partial charge in [-0.1, -0.05) is 78.1 Å². The van der Waals surface area contributed by atoms with Crippen molar-refractivity contribution in [3.63, 3.8) is 0 Å². The summed E-state index contributed by atoms with van der Waals surface area (Å²) >= 11 is 0. The molecule has 130 valence electrons. The highest BCUT2D eigenvalue weighted by Crippen LogP contribution is 2.12. The Balaban J connectivity index is 3.33. The third kappa shape index (κ3) is 11.8. The predicted octanol–water partition coefficient (Wildman–Crippen LogP) is 5.46. The molecule has 0 aliphatic heterocycles. The van der Waals surface area contributed by atoms with Crippen LogP contribution in [-0.2, 0) is 14.3 Å². The van der Waals surface area contributed by atoms with Gasteiger partial charge in [-0.2, -0.15) is 0 Å². The van der Waals surface area contributed by atoms with Crippen LogP contribution in [0.15, 0.2) is 0 Å². The maximum atomic E-state index is 11.7. The summed E-state index contributed by atoms with van der Waals surface area (Å²) in [5.74, 6) is -0.999. The highest BCUT2D eigenvalue weighted by atomic mass is 16.5. The Bertz CT molecular complexity index is 286. The van der Waals surface area contributed by atoms with Crippen molar-refractivity contribution < 1.29 is 14.3 Å². The summed E-state index contributed by atoms with van der Waals surface area (Å²) < 4.78 is 5.18. The van der Waals surface area contributed by atoms with Crippen molar-refractivity contribution in [3.8, 4) is 0 Å². The molecule has 0 N–H and O–H groups in total. The van der Waals surface area contributed by atoms with Crippen LogP contribution in [0.25, 0.3) is 0 Å². The van der Waals surface area contributed by atoms with E-state index in [0.29, 0.717) is 13.0 Å². The summed E-state index contributed by atoms with van der Waals surface area (Å²) in [6, 6.07) is 0. The zero-order valence-corrected chi connectivity index (χ0v) is 15.0. The van der Waals surface area contributed by atoms with Crippen LogP contribution in [0, 0.1) is 5.92 Å². The number of esters is 1. The van der Waals surface area contributed by atoms with Crippen molar-refractivity contribution >= 4 is 11.8 Å². The van der Waals surface area contributed by atoms with Gasteiger partial charge in [0.1, 0.15) is 11.7 Å². The van der Waals surface area contributed by atoms with E-state index in [9.17, 15) is 9.59 Å². The molecule has 22 heavy (non-hydrogen) atoms. The Morgan fingerprint density at radius 2 is 1.23 bits per heavy atom. The zero-order valence-electron chi connectivity index (χ0n) is 15.0. The van der Waals surface area contributed by atoms with Gasteiger partial charge >= 0.3 is 5.97 Å². The topological polar surface area (TPSA) is 43.4 Å². The minimum Gasteiger partial charge on any atom is -0.465 e. The van der Waals surface area contributed by atoms with Crippen LogP contribution in [0.5, 0.6) is 0 Å². The Labute approximate surface area is 137 Å². The number of ketones is 1. The highest BCUT2D eigenvalue weighted by Gasteiger charge is 2.22. The molecule has 1 unspecified atom stereocenters. The van der Waals surface area contributed by atoms with E-state index in [4.69, 9.17) is 4.74 Å². The summed E-state index contributed by atoms with van der Waals surface area (Å²) in [4.78, 5) is 22.9. The monoisotopic (exact) mass is 312 g/mol. The Morgan fingerprint density at radius 1 is 0.773 bits per heavy atom. The summed E-state index contributed by atoms with van der Waals surface area (Å²) in [7, 11) is 0. The molecule has 0 aliphatic rings. The third-order valence-electron chi connectivity index (χ3n) is 4.18. The number of rotatable bonds is 15. The SMILES string of the molecule is CCCCCCCCCCCCCOC(=O)C(CC)C(C)=O. The molecule has 0 amide bonds. The van der Waals surface area contributed by atoms with E-state index in [1.54, 1.807) is 0 Å². The first kappa shape index (κ1) is 21.1. The quantitative estimate of drug-likeness (QED) is 0.229. The zero-order chi connectivity index (χ0) is 16.6. The first-order valence-corrected chi connectivity index (χ1v) is 9.30. The van der Waals surface area contributed by atoms with Gasteiger partial charge in [-0.15, -0.1) is 0 Å². The average molecular weight is 312 g/mol. The van der Waals surface area contributed by atoms with Gasteiger partial charge in [0.2, 0.25) is 0 Å². The van der Waals surface area contributed by atoms with E-state index in [1.807, 2.05) is 6.92 Å². The Hall–Kier alpha value is -0.860. The summed E-state index contributed by atoms with van der Waals surface area (Å²) in [5, 5.41) is 0. The lowest BCUT2D eigenvalue weighted by molar-refractivity contribution is -0.151. The van der Waals surface area contributed by atoms with E-state index in [1.165, 1.54) is 64.7 Å². The lowest BCUT2D eigenvalue weighted by Gasteiger charge is -2.10. The van der Waals surface area contributed by atoms with E-state index in [0.717, 1.165) is 12.8 Å². The van der Waals surface area contributed by atoms with Gasteiger partial charge in [0, 0.05) is 0 Å². The molecule has 0 heterocycles. The standard InChI is InChI=1S/C19H36O3/c1-4-6-7-8-9-10-11-12-13-14-15-16-22-19(21)18(5-2)17(3)20/h18H,4-16H2,1-3H3. The van der Waals surface area contributed by atoms with E-state index < -0.39 is 5.92 Å². The smallest absolute Gasteiger partial charge is 0.316 e. The second-order valence-corrected chi connectivity index (χ2v) is 6.27. The molecule has 3 nitrogen and oxygen atoms in total. The molecule has 0 saturated carbocycles. The molecule has 0 saturated heterocycles. The molecule has 1 atom stereocenters. The van der Waals surface area contributed by atoms with Crippen LogP contribution in [0.3, 0.4) is 0 Å². The van der Waals surface area contributed by atoms with Gasteiger partial charge < -0.3 is 4.74 Å². The number of carbonyl (C=O) groups is 2. The molecule has 0 aromatic heterocycles. The summed E-state index contributed by atoms with van der Waals surface area (Å²) in [6.45, 7) is 6.01. The summed E-state index contributed by atoms with van der Waals surface area (Å²) in [6.07, 6.45) is 14.6. The molecule has 0 aromatic carbocycles. The van der Waals surface area contributed by atoms with Gasteiger partial charge in [0.15, 0.2) is 0 Å². The number of hydrogen-bond acceptors (Lipinski definition) is 3. The second kappa shape index (κ2) is 15.1. The average Bonchev–Trinajstić information content (AvgIpc) is 2.48. The third-order valence-corrected chi connectivity index (χ3v) is 4.18. The molecular formula is C19H36O3. The van der Waals surface area contributed by atoms with Gasteiger partial charge in [-0.25, -0.2) is 0 Å². The number of hydrogen-bond donors (Lipinski definition) is 0. The fraction of sp³-hybridized carbons (Fsp3) is 0.895. The Morgan fingerprint density at radius 3 is 1.64 bits per heavy atom. The van der Waals surface area contributed by atoms with Crippen LogP contribution >= 0.6 is 0 Å². The largest absolute Gasteiger partial charge is 0.465 e. The van der Waals surface area contributed by atoms with Crippen molar-refractivity contribution in [1.82, 2.24) is 0 Å². The Kier molecular flexibility index (Phi) is 14.5. The van der Waals surface area contributed by atoms with Gasteiger partial charge in [-0.3, -0.25) is 9.59 Å². The molecule has 0 spiro atoms. The van der Waals surface area contributed by atoms with Crippen LogP contribution in [0.2, 0.25) is 0 Å². The highest BCUT2D eigenvalue weighted by molar-refractivity contribution is 5.97. The van der Waals surface area contributed by atoms with E-state index in [2.05, 4.69) is 6.92 Å². The fourth-order valence-corrected chi connectivity index (χ4v) is 2.66. The van der Waals surface area contributed by atoms with Crippen molar-refractivity contribution in [3.05, 3.63) is 0 Å². The lowest BCUT2D eigenvalue weighted by Crippen LogP contribution is -2.23. The lowest BCUT2D eigenvalue weighted by atomic mass is 10.0. The first-order valence-electron chi connectivity index (χ1n) is 9.30. The maximum absolute atomic E-state index is 11.7. The van der Waals surface area contributed by atoms with Crippen LogP contribution in [0.4, 0.5) is 0 Å². The van der Waals surface area contributed by atoms with Gasteiger partial charge in [0.05, 0.1) is 6.61 Å². The molecular weight excluding hydrogens is 276 g/mol. The van der Waals surface area contributed by atoms with Crippen molar-refractivity contribution in [2.45, 2.75) is 97.8 Å². The van der Waals surface area contributed by atoms with Crippen LogP contribution < -0.4 is 0 Å². The minimum atomic E-state index is -0.562. The van der Waals surface area contributed by atoms with E-state index >= 15 is 0 Å². The van der Waals surface area contributed by atoms with Crippen LogP contribution in [0.1, 0.15) is 97.8 Å². The fourth-order valence-electron chi connectivity index (χ4n) is 2.66. The summed E-state index contributed by atoms with van der Waals surface area (Å²) in [5.41, 5.74) is 0. The minimum absolute atomic E-state index is 0.0913. The normalized spacial score (nSPS) is 12.1.